The highest BCUT2D eigenvalue weighted by Gasteiger charge is 2.28. The van der Waals surface area contributed by atoms with Crippen LogP contribution >= 0.6 is 0 Å². The van der Waals surface area contributed by atoms with Gasteiger partial charge in [-0.15, -0.1) is 0 Å². The molecule has 1 N–H and O–H groups in total. The van der Waals surface area contributed by atoms with E-state index in [1.54, 1.807) is 14.2 Å². The Morgan fingerprint density at radius 1 is 1.12 bits per heavy atom. The lowest BCUT2D eigenvalue weighted by Gasteiger charge is -2.33. The number of likely N-dealkylation sites (tertiary alicyclic amines) is 1. The number of nitrogens with one attached hydrogen (secondary N) is 1. The Morgan fingerprint density at radius 2 is 1.73 bits per heavy atom. The van der Waals surface area contributed by atoms with E-state index in [9.17, 15) is 9.59 Å². The summed E-state index contributed by atoms with van der Waals surface area (Å²) in [6.07, 6.45) is 1.92. The normalized spacial score (nSPS) is 15.5. The zero-order chi connectivity index (χ0) is 19.3. The number of hydrogen-bond donors (Lipinski definition) is 1. The van der Waals surface area contributed by atoms with Gasteiger partial charge in [-0.25, -0.2) is 0 Å². The van der Waals surface area contributed by atoms with E-state index >= 15 is 0 Å². The van der Waals surface area contributed by atoms with Gasteiger partial charge in [-0.05, 0) is 30.5 Å². The smallest absolute Gasteiger partial charge is 0.226 e. The minimum absolute atomic E-state index is 0.0626. The lowest BCUT2D eigenvalue weighted by atomic mass is 9.94. The first-order valence-electron chi connectivity index (χ1n) is 9.04. The quantitative estimate of drug-likeness (QED) is 0.873. The zero-order valence-corrected chi connectivity index (χ0v) is 16.4. The lowest BCUT2D eigenvalue weighted by Crippen LogP contribution is -2.49. The summed E-state index contributed by atoms with van der Waals surface area (Å²) in [4.78, 5) is 26.5. The number of methoxy groups -OCH3 is 2. The van der Waals surface area contributed by atoms with Gasteiger partial charge in [0, 0.05) is 24.5 Å². The Kier molecular flexibility index (Phi) is 6.51. The van der Waals surface area contributed by atoms with Crippen molar-refractivity contribution in [2.24, 2.45) is 5.41 Å². The molecule has 6 heteroatoms. The van der Waals surface area contributed by atoms with Crippen LogP contribution in [0.1, 0.15) is 39.2 Å². The molecule has 1 aromatic rings. The molecule has 0 spiro atoms. The van der Waals surface area contributed by atoms with Gasteiger partial charge in [-0.3, -0.25) is 9.59 Å². The fourth-order valence-electron chi connectivity index (χ4n) is 2.95. The summed E-state index contributed by atoms with van der Waals surface area (Å²) in [5.41, 5.74) is 0.510. The van der Waals surface area contributed by atoms with Gasteiger partial charge >= 0.3 is 0 Å². The molecule has 26 heavy (non-hydrogen) atoms. The number of carbonyl (C=O) groups is 2. The number of nitrogens with zero attached hydrogens (tertiary/aromatic N) is 1. The van der Waals surface area contributed by atoms with Crippen LogP contribution in [-0.4, -0.2) is 50.1 Å². The van der Waals surface area contributed by atoms with Crippen LogP contribution in [0.3, 0.4) is 0 Å². The molecule has 0 aromatic heterocycles. The monoisotopic (exact) mass is 362 g/mol. The SMILES string of the molecule is COc1ccc(CC(=O)N2CCC(NC(=O)C(C)(C)C)CC2)cc1OC. The molecule has 144 valence electrons. The first-order chi connectivity index (χ1) is 12.2. The van der Waals surface area contributed by atoms with Gasteiger partial charge in [0.1, 0.15) is 0 Å². The van der Waals surface area contributed by atoms with Crippen LogP contribution in [0.25, 0.3) is 0 Å². The first kappa shape index (κ1) is 20.1. The van der Waals surface area contributed by atoms with Gasteiger partial charge in [-0.2, -0.15) is 0 Å². The third-order valence-electron chi connectivity index (χ3n) is 4.67. The molecule has 1 aliphatic heterocycles. The van der Waals surface area contributed by atoms with Crippen molar-refractivity contribution in [2.45, 2.75) is 46.1 Å². The highest BCUT2D eigenvalue weighted by molar-refractivity contribution is 5.82. The molecule has 0 saturated carbocycles. The molecule has 1 aromatic carbocycles. The maximum atomic E-state index is 12.6. The predicted molar refractivity (Wildman–Crippen MR) is 100 cm³/mol. The second-order valence-corrected chi connectivity index (χ2v) is 7.74. The Bertz CT molecular complexity index is 644. The van der Waals surface area contributed by atoms with E-state index in [0.29, 0.717) is 31.0 Å². The molecule has 2 amide bonds. The van der Waals surface area contributed by atoms with Crippen LogP contribution in [0.15, 0.2) is 18.2 Å². The summed E-state index contributed by atoms with van der Waals surface area (Å²) in [5, 5.41) is 3.09. The molecule has 6 nitrogen and oxygen atoms in total. The van der Waals surface area contributed by atoms with Gasteiger partial charge in [0.05, 0.1) is 20.6 Å². The van der Waals surface area contributed by atoms with E-state index in [-0.39, 0.29) is 23.3 Å². The molecule has 1 heterocycles. The zero-order valence-electron chi connectivity index (χ0n) is 16.4. The number of ether oxygens (including phenoxy) is 2. The minimum Gasteiger partial charge on any atom is -0.493 e. The number of benzene rings is 1. The van der Waals surface area contributed by atoms with Crippen molar-refractivity contribution in [1.29, 1.82) is 0 Å². The summed E-state index contributed by atoms with van der Waals surface area (Å²) in [6, 6.07) is 5.69. The number of rotatable bonds is 5. The molecule has 0 aliphatic carbocycles. The number of piperidine rings is 1. The van der Waals surface area contributed by atoms with Gasteiger partial charge in [-0.1, -0.05) is 26.8 Å². The van der Waals surface area contributed by atoms with Crippen molar-refractivity contribution in [3.63, 3.8) is 0 Å². The largest absolute Gasteiger partial charge is 0.493 e. The Balaban J connectivity index is 1.88. The summed E-state index contributed by atoms with van der Waals surface area (Å²) in [6.45, 7) is 7.06. The number of carbonyl (C=O) groups excluding carboxylic acids is 2. The number of hydrogen-bond acceptors (Lipinski definition) is 4. The van der Waals surface area contributed by atoms with E-state index in [1.165, 1.54) is 0 Å². The van der Waals surface area contributed by atoms with Crippen LogP contribution in [0.4, 0.5) is 0 Å². The van der Waals surface area contributed by atoms with Crippen molar-refractivity contribution in [3.8, 4) is 11.5 Å². The molecule has 1 aliphatic rings. The van der Waals surface area contributed by atoms with Crippen molar-refractivity contribution >= 4 is 11.8 Å². The predicted octanol–water partition coefficient (Wildman–Crippen LogP) is 2.40. The Labute approximate surface area is 155 Å². The van der Waals surface area contributed by atoms with Gasteiger partial charge in [0.25, 0.3) is 0 Å². The average molecular weight is 362 g/mol. The molecule has 0 radical (unpaired) electrons. The standard InChI is InChI=1S/C20H30N2O4/c1-20(2,3)19(24)21-15-8-10-22(11-9-15)18(23)13-14-6-7-16(25-4)17(12-14)26-5/h6-7,12,15H,8-11,13H2,1-5H3,(H,21,24). The van der Waals surface area contributed by atoms with Crippen LogP contribution < -0.4 is 14.8 Å². The molecule has 0 unspecified atom stereocenters. The van der Waals surface area contributed by atoms with Crippen LogP contribution in [0, 0.1) is 5.41 Å². The maximum Gasteiger partial charge on any atom is 0.226 e. The Hall–Kier alpha value is -2.24. The van der Waals surface area contributed by atoms with Crippen LogP contribution in [0.5, 0.6) is 11.5 Å². The molecule has 1 fully saturated rings. The molecular weight excluding hydrogens is 332 g/mol. The van der Waals surface area contributed by atoms with Gasteiger partial charge < -0.3 is 19.7 Å². The van der Waals surface area contributed by atoms with Gasteiger partial charge in [0.15, 0.2) is 11.5 Å². The van der Waals surface area contributed by atoms with Crippen LogP contribution in [0.2, 0.25) is 0 Å². The maximum absolute atomic E-state index is 12.6. The number of amides is 2. The third kappa shape index (κ3) is 5.13. The summed E-state index contributed by atoms with van der Waals surface area (Å²) < 4.78 is 10.5. The van der Waals surface area contributed by atoms with E-state index in [4.69, 9.17) is 9.47 Å². The van der Waals surface area contributed by atoms with E-state index < -0.39 is 0 Å². The molecule has 0 bridgehead atoms. The van der Waals surface area contributed by atoms with E-state index in [0.717, 1.165) is 18.4 Å². The minimum atomic E-state index is -0.389. The van der Waals surface area contributed by atoms with Crippen molar-refractivity contribution in [1.82, 2.24) is 10.2 Å². The van der Waals surface area contributed by atoms with E-state index in [1.807, 2.05) is 43.9 Å². The highest BCUT2D eigenvalue weighted by atomic mass is 16.5. The van der Waals surface area contributed by atoms with Crippen molar-refractivity contribution < 1.29 is 19.1 Å². The molecule has 1 saturated heterocycles. The summed E-state index contributed by atoms with van der Waals surface area (Å²) in [5.74, 6) is 1.44. The fraction of sp³-hybridized carbons (Fsp3) is 0.600. The molecule has 0 atom stereocenters. The summed E-state index contributed by atoms with van der Waals surface area (Å²) in [7, 11) is 3.17. The first-order valence-corrected chi connectivity index (χ1v) is 9.04. The Morgan fingerprint density at radius 3 is 2.27 bits per heavy atom. The van der Waals surface area contributed by atoms with Gasteiger partial charge in [0.2, 0.25) is 11.8 Å². The topological polar surface area (TPSA) is 67.9 Å². The average Bonchev–Trinajstić information content (AvgIpc) is 2.61. The second kappa shape index (κ2) is 8.43. The fourth-order valence-corrected chi connectivity index (χ4v) is 2.95. The highest BCUT2D eigenvalue weighted by Crippen LogP contribution is 2.28. The van der Waals surface area contributed by atoms with Crippen molar-refractivity contribution in [3.05, 3.63) is 23.8 Å². The lowest BCUT2D eigenvalue weighted by molar-refractivity contribution is -0.132. The molecule has 2 rings (SSSR count). The second-order valence-electron chi connectivity index (χ2n) is 7.74. The van der Waals surface area contributed by atoms with Crippen molar-refractivity contribution in [2.75, 3.05) is 27.3 Å². The molecular formula is C20H30N2O4. The van der Waals surface area contributed by atoms with E-state index in [2.05, 4.69) is 5.32 Å². The summed E-state index contributed by atoms with van der Waals surface area (Å²) >= 11 is 0. The third-order valence-corrected chi connectivity index (χ3v) is 4.67. The van der Waals surface area contributed by atoms with Crippen LogP contribution in [-0.2, 0) is 16.0 Å².